The van der Waals surface area contributed by atoms with Crippen LogP contribution in [0.15, 0.2) is 53.6 Å². The van der Waals surface area contributed by atoms with E-state index in [1.165, 1.54) is 6.26 Å². The Labute approximate surface area is 113 Å². The molecule has 5 heteroatoms. The summed E-state index contributed by atoms with van der Waals surface area (Å²) in [6.45, 7) is 0.611. The number of anilines is 1. The molecule has 0 unspecified atom stereocenters. The fourth-order valence-corrected chi connectivity index (χ4v) is 2.76. The van der Waals surface area contributed by atoms with Gasteiger partial charge in [-0.15, -0.1) is 0 Å². The van der Waals surface area contributed by atoms with Crippen LogP contribution in [0.4, 0.5) is 5.82 Å². The van der Waals surface area contributed by atoms with Gasteiger partial charge in [-0.05, 0) is 17.7 Å². The molecule has 0 bridgehead atoms. The Morgan fingerprint density at radius 1 is 1.11 bits per heavy atom. The predicted octanol–water partition coefficient (Wildman–Crippen LogP) is 2.12. The van der Waals surface area contributed by atoms with Gasteiger partial charge in [0, 0.05) is 26.0 Å². The Morgan fingerprint density at radius 3 is 2.42 bits per heavy atom. The fourth-order valence-electron chi connectivity index (χ4n) is 1.89. The minimum absolute atomic E-state index is 0.258. The zero-order valence-electron chi connectivity index (χ0n) is 10.9. The lowest BCUT2D eigenvalue weighted by atomic mass is 10.2. The number of pyridine rings is 1. The van der Waals surface area contributed by atoms with Crippen molar-refractivity contribution in [3.05, 3.63) is 54.2 Å². The van der Waals surface area contributed by atoms with Crippen molar-refractivity contribution in [2.24, 2.45) is 0 Å². The van der Waals surface area contributed by atoms with E-state index in [1.54, 1.807) is 18.3 Å². The molecule has 1 aromatic heterocycles. The van der Waals surface area contributed by atoms with Gasteiger partial charge in [0.25, 0.3) is 0 Å². The van der Waals surface area contributed by atoms with E-state index in [9.17, 15) is 8.42 Å². The number of nitrogens with zero attached hydrogens (tertiary/aromatic N) is 2. The summed E-state index contributed by atoms with van der Waals surface area (Å²) in [6.07, 6.45) is 2.80. The van der Waals surface area contributed by atoms with Crippen molar-refractivity contribution in [3.63, 3.8) is 0 Å². The van der Waals surface area contributed by atoms with Gasteiger partial charge in [0.05, 0.1) is 0 Å². The first kappa shape index (κ1) is 13.5. The molecule has 0 aliphatic carbocycles. The molecule has 0 aliphatic rings. The topological polar surface area (TPSA) is 50.3 Å². The summed E-state index contributed by atoms with van der Waals surface area (Å²) >= 11 is 0. The van der Waals surface area contributed by atoms with E-state index in [2.05, 4.69) is 4.98 Å². The van der Waals surface area contributed by atoms with E-state index >= 15 is 0 Å². The molecule has 100 valence electrons. The largest absolute Gasteiger partial charge is 0.354 e. The number of sulfone groups is 1. The second-order valence-electron chi connectivity index (χ2n) is 4.44. The Morgan fingerprint density at radius 2 is 1.79 bits per heavy atom. The van der Waals surface area contributed by atoms with Crippen molar-refractivity contribution in [2.75, 3.05) is 18.2 Å². The highest BCUT2D eigenvalue weighted by Gasteiger charge is 2.16. The summed E-state index contributed by atoms with van der Waals surface area (Å²) in [7, 11) is -1.44. The van der Waals surface area contributed by atoms with Crippen molar-refractivity contribution >= 4 is 15.7 Å². The van der Waals surface area contributed by atoms with Crippen molar-refractivity contribution in [1.29, 1.82) is 0 Å². The quantitative estimate of drug-likeness (QED) is 0.858. The van der Waals surface area contributed by atoms with Gasteiger partial charge >= 0.3 is 0 Å². The molecule has 0 amide bonds. The van der Waals surface area contributed by atoms with Crippen molar-refractivity contribution in [2.45, 2.75) is 11.4 Å². The third kappa shape index (κ3) is 3.32. The van der Waals surface area contributed by atoms with Crippen LogP contribution in [-0.4, -0.2) is 26.7 Å². The lowest BCUT2D eigenvalue weighted by Gasteiger charge is -2.20. The monoisotopic (exact) mass is 276 g/mol. The van der Waals surface area contributed by atoms with Crippen LogP contribution in [0, 0.1) is 0 Å². The Hall–Kier alpha value is -1.88. The molecule has 0 saturated carbocycles. The maximum absolute atomic E-state index is 11.7. The molecule has 2 aromatic rings. The molecule has 0 N–H and O–H groups in total. The Bertz CT molecular complexity index is 654. The predicted molar refractivity (Wildman–Crippen MR) is 75.9 cm³/mol. The summed E-state index contributed by atoms with van der Waals surface area (Å²) in [5, 5.41) is 0. The van der Waals surface area contributed by atoms with Gasteiger partial charge in [-0.1, -0.05) is 30.3 Å². The highest BCUT2D eigenvalue weighted by molar-refractivity contribution is 7.90. The molecule has 4 nitrogen and oxygen atoms in total. The summed E-state index contributed by atoms with van der Waals surface area (Å²) in [5.74, 6) is 0.480. The van der Waals surface area contributed by atoms with Crippen LogP contribution < -0.4 is 4.90 Å². The van der Waals surface area contributed by atoms with Crippen LogP contribution in [0.25, 0.3) is 0 Å². The maximum atomic E-state index is 11.7. The van der Waals surface area contributed by atoms with Gasteiger partial charge in [0.2, 0.25) is 0 Å². The lowest BCUT2D eigenvalue weighted by molar-refractivity contribution is 0.601. The minimum atomic E-state index is -3.27. The van der Waals surface area contributed by atoms with Crippen molar-refractivity contribution < 1.29 is 8.42 Å². The molecule has 2 rings (SSSR count). The summed E-state index contributed by atoms with van der Waals surface area (Å²) < 4.78 is 23.5. The third-order valence-electron chi connectivity index (χ3n) is 2.77. The number of aromatic nitrogens is 1. The van der Waals surface area contributed by atoms with E-state index in [4.69, 9.17) is 0 Å². The normalized spacial score (nSPS) is 11.3. The third-order valence-corrected chi connectivity index (χ3v) is 3.89. The minimum Gasteiger partial charge on any atom is -0.354 e. The standard InChI is InChI=1S/C14H16N2O2S/c1-16(11-12-7-4-3-5-8-12)14-13(19(2,17)18)9-6-10-15-14/h3-10H,11H2,1-2H3. The van der Waals surface area contributed by atoms with E-state index in [0.29, 0.717) is 12.4 Å². The molecule has 0 fully saturated rings. The zero-order valence-corrected chi connectivity index (χ0v) is 11.8. The number of rotatable bonds is 4. The van der Waals surface area contributed by atoms with Gasteiger partial charge in [-0.25, -0.2) is 13.4 Å². The van der Waals surface area contributed by atoms with Gasteiger partial charge in [-0.3, -0.25) is 0 Å². The first-order chi connectivity index (χ1) is 8.98. The van der Waals surface area contributed by atoms with Crippen LogP contribution in [-0.2, 0) is 16.4 Å². The van der Waals surface area contributed by atoms with E-state index < -0.39 is 9.84 Å². The Kier molecular flexibility index (Phi) is 3.85. The average Bonchev–Trinajstić information content (AvgIpc) is 2.39. The smallest absolute Gasteiger partial charge is 0.179 e. The van der Waals surface area contributed by atoms with Crippen LogP contribution in [0.5, 0.6) is 0 Å². The second kappa shape index (κ2) is 5.40. The molecule has 19 heavy (non-hydrogen) atoms. The summed E-state index contributed by atoms with van der Waals surface area (Å²) in [5.41, 5.74) is 1.11. The van der Waals surface area contributed by atoms with Crippen molar-refractivity contribution in [1.82, 2.24) is 4.98 Å². The van der Waals surface area contributed by atoms with Gasteiger partial charge < -0.3 is 4.90 Å². The molecule has 0 aliphatic heterocycles. The SMILES string of the molecule is CN(Cc1ccccc1)c1ncccc1S(C)(=O)=O. The van der Waals surface area contributed by atoms with Crippen molar-refractivity contribution in [3.8, 4) is 0 Å². The molecule has 0 spiro atoms. The first-order valence-electron chi connectivity index (χ1n) is 5.88. The maximum Gasteiger partial charge on any atom is 0.179 e. The first-order valence-corrected chi connectivity index (χ1v) is 7.78. The zero-order chi connectivity index (χ0) is 13.9. The summed E-state index contributed by atoms with van der Waals surface area (Å²) in [4.78, 5) is 6.28. The van der Waals surface area contributed by atoms with Crippen LogP contribution in [0.1, 0.15) is 5.56 Å². The van der Waals surface area contributed by atoms with Crippen LogP contribution in [0.3, 0.4) is 0 Å². The molecule has 1 aromatic carbocycles. The van der Waals surface area contributed by atoms with Gasteiger partial charge in [-0.2, -0.15) is 0 Å². The molecule has 1 heterocycles. The number of hydrogen-bond donors (Lipinski definition) is 0. The van der Waals surface area contributed by atoms with E-state index in [-0.39, 0.29) is 4.90 Å². The summed E-state index contributed by atoms with van der Waals surface area (Å²) in [6, 6.07) is 13.1. The average molecular weight is 276 g/mol. The molecule has 0 atom stereocenters. The second-order valence-corrected chi connectivity index (χ2v) is 6.42. The van der Waals surface area contributed by atoms with Crippen LogP contribution >= 0.6 is 0 Å². The lowest BCUT2D eigenvalue weighted by Crippen LogP contribution is -2.20. The molecule has 0 saturated heterocycles. The fraction of sp³-hybridized carbons (Fsp3) is 0.214. The molecular formula is C14H16N2O2S. The number of benzene rings is 1. The van der Waals surface area contributed by atoms with E-state index in [0.717, 1.165) is 5.56 Å². The molecule has 0 radical (unpaired) electrons. The Balaban J connectivity index is 2.32. The van der Waals surface area contributed by atoms with Gasteiger partial charge in [0.15, 0.2) is 9.84 Å². The number of hydrogen-bond acceptors (Lipinski definition) is 4. The highest BCUT2D eigenvalue weighted by Crippen LogP contribution is 2.22. The highest BCUT2D eigenvalue weighted by atomic mass is 32.2. The molecular weight excluding hydrogens is 260 g/mol. The van der Waals surface area contributed by atoms with Gasteiger partial charge in [0.1, 0.15) is 10.7 Å². The van der Waals surface area contributed by atoms with E-state index in [1.807, 2.05) is 42.3 Å². The van der Waals surface area contributed by atoms with Crippen LogP contribution in [0.2, 0.25) is 0 Å².